The number of aliphatic imine (C=N–C) groups is 2. The highest BCUT2D eigenvalue weighted by Crippen LogP contribution is 2.40. The van der Waals surface area contributed by atoms with Crippen molar-refractivity contribution in [2.45, 2.75) is 6.54 Å². The van der Waals surface area contributed by atoms with Gasteiger partial charge < -0.3 is 10.2 Å². The second-order valence-corrected chi connectivity index (χ2v) is 12.7. The van der Waals surface area contributed by atoms with Gasteiger partial charge in [0.15, 0.2) is 5.84 Å². The predicted octanol–water partition coefficient (Wildman–Crippen LogP) is 11.6. The average Bonchev–Trinajstić information content (AvgIpc) is 3.59. The van der Waals surface area contributed by atoms with Gasteiger partial charge in [-0.15, -0.1) is 0 Å². The van der Waals surface area contributed by atoms with Crippen molar-refractivity contribution < 1.29 is 4.42 Å². The van der Waals surface area contributed by atoms with Crippen molar-refractivity contribution in [3.05, 3.63) is 193 Å². The van der Waals surface area contributed by atoms with E-state index in [0.29, 0.717) is 18.2 Å². The molecule has 0 unspecified atom stereocenters. The second-order valence-electron chi connectivity index (χ2n) is 12.7. The van der Waals surface area contributed by atoms with Gasteiger partial charge in [-0.1, -0.05) is 158 Å². The summed E-state index contributed by atoms with van der Waals surface area (Å²) in [5.41, 5.74) is 15.9. The largest absolute Gasteiger partial charge is 0.456 e. The first-order valence-electron chi connectivity index (χ1n) is 17.1. The maximum atomic E-state index is 7.00. The van der Waals surface area contributed by atoms with Crippen LogP contribution in [0, 0.1) is 0 Å². The Morgan fingerprint density at radius 1 is 0.510 bits per heavy atom. The van der Waals surface area contributed by atoms with Crippen LogP contribution in [0.5, 0.6) is 0 Å². The van der Waals surface area contributed by atoms with Crippen LogP contribution in [0.2, 0.25) is 0 Å². The van der Waals surface area contributed by atoms with Crippen LogP contribution in [0.25, 0.3) is 65.7 Å². The number of nitrogens with two attached hydrogens (primary N) is 1. The number of amidine groups is 2. The normalized spacial score (nSPS) is 12.3. The minimum atomic E-state index is 0.376. The van der Waals surface area contributed by atoms with Crippen LogP contribution < -0.4 is 5.73 Å². The Morgan fingerprint density at radius 3 is 2.00 bits per heavy atom. The minimum Gasteiger partial charge on any atom is -0.456 e. The number of furan rings is 1. The molecule has 0 aliphatic carbocycles. The first-order valence-corrected chi connectivity index (χ1v) is 17.1. The van der Waals surface area contributed by atoms with E-state index in [4.69, 9.17) is 20.1 Å². The van der Waals surface area contributed by atoms with Gasteiger partial charge in [0.1, 0.15) is 17.0 Å². The maximum Gasteiger partial charge on any atom is 0.157 e. The molecule has 0 spiro atoms. The molecule has 9 rings (SSSR count). The standard InChI is InChI=1S/C47H33N3O/c48-46(41-20-10-22-43-45(41)44-40(19-9-21-42(44)51-43)39-18-8-16-34-14-6-7-17-38(34)39)50-47(49-30-31-11-2-1-3-12-31)35-26-23-33(24-27-35)37-28-25-32-13-4-5-15-36(32)29-37/h1-29H,30H2,(H2,48,49,50). The number of nitrogens with zero attached hydrogens (tertiary/aromatic N) is 2. The molecule has 0 aliphatic rings. The molecule has 0 atom stereocenters. The molecule has 242 valence electrons. The Labute approximate surface area is 295 Å². The van der Waals surface area contributed by atoms with Crippen LogP contribution in [0.1, 0.15) is 16.7 Å². The number of hydrogen-bond donors (Lipinski definition) is 1. The van der Waals surface area contributed by atoms with Crippen LogP contribution in [0.4, 0.5) is 0 Å². The summed E-state index contributed by atoms with van der Waals surface area (Å²) >= 11 is 0. The minimum absolute atomic E-state index is 0.376. The molecule has 4 nitrogen and oxygen atoms in total. The molecule has 0 aliphatic heterocycles. The van der Waals surface area contributed by atoms with Gasteiger partial charge in [-0.3, -0.25) is 4.99 Å². The molecule has 1 heterocycles. The number of fused-ring (bicyclic) bond motifs is 5. The van der Waals surface area contributed by atoms with Gasteiger partial charge in [-0.2, -0.15) is 0 Å². The van der Waals surface area contributed by atoms with Crippen molar-refractivity contribution in [2.24, 2.45) is 15.7 Å². The fourth-order valence-corrected chi connectivity index (χ4v) is 7.06. The lowest BCUT2D eigenvalue weighted by Gasteiger charge is -2.10. The second kappa shape index (κ2) is 12.9. The van der Waals surface area contributed by atoms with Crippen molar-refractivity contribution >= 4 is 55.2 Å². The molecule has 4 heteroatoms. The summed E-state index contributed by atoms with van der Waals surface area (Å²) in [6.45, 7) is 0.476. The van der Waals surface area contributed by atoms with E-state index in [1.165, 1.54) is 21.5 Å². The Bertz CT molecular complexity index is 2770. The topological polar surface area (TPSA) is 63.9 Å². The van der Waals surface area contributed by atoms with E-state index in [1.54, 1.807) is 0 Å². The molecular weight excluding hydrogens is 623 g/mol. The molecule has 9 aromatic rings. The molecule has 0 saturated heterocycles. The zero-order chi connectivity index (χ0) is 34.1. The van der Waals surface area contributed by atoms with Gasteiger partial charge in [0, 0.05) is 21.9 Å². The lowest BCUT2D eigenvalue weighted by Crippen LogP contribution is -2.17. The van der Waals surface area contributed by atoms with Crippen molar-refractivity contribution in [3.8, 4) is 22.3 Å². The zero-order valence-corrected chi connectivity index (χ0v) is 27.8. The third-order valence-corrected chi connectivity index (χ3v) is 9.58. The van der Waals surface area contributed by atoms with E-state index in [1.807, 2.05) is 42.5 Å². The van der Waals surface area contributed by atoms with E-state index in [2.05, 4.69) is 133 Å². The monoisotopic (exact) mass is 655 g/mol. The van der Waals surface area contributed by atoms with Gasteiger partial charge in [0.2, 0.25) is 0 Å². The fourth-order valence-electron chi connectivity index (χ4n) is 7.06. The number of hydrogen-bond acceptors (Lipinski definition) is 2. The first-order chi connectivity index (χ1) is 25.2. The van der Waals surface area contributed by atoms with Crippen molar-refractivity contribution in [1.82, 2.24) is 0 Å². The molecule has 51 heavy (non-hydrogen) atoms. The fraction of sp³-hybridized carbons (Fsp3) is 0.0213. The lowest BCUT2D eigenvalue weighted by atomic mass is 9.93. The highest BCUT2D eigenvalue weighted by atomic mass is 16.3. The summed E-state index contributed by atoms with van der Waals surface area (Å²) in [7, 11) is 0. The highest BCUT2D eigenvalue weighted by Gasteiger charge is 2.19. The Kier molecular flexibility index (Phi) is 7.67. The third kappa shape index (κ3) is 5.73. The lowest BCUT2D eigenvalue weighted by molar-refractivity contribution is 0.669. The van der Waals surface area contributed by atoms with Crippen molar-refractivity contribution in [1.29, 1.82) is 0 Å². The maximum absolute atomic E-state index is 7.00. The molecule has 2 N–H and O–H groups in total. The Morgan fingerprint density at radius 2 is 1.16 bits per heavy atom. The molecule has 0 fully saturated rings. The smallest absolute Gasteiger partial charge is 0.157 e. The van der Waals surface area contributed by atoms with E-state index < -0.39 is 0 Å². The van der Waals surface area contributed by atoms with Crippen LogP contribution >= 0.6 is 0 Å². The quantitative estimate of drug-likeness (QED) is 0.143. The Hall–Kier alpha value is -6.78. The van der Waals surface area contributed by atoms with Gasteiger partial charge in [-0.05, 0) is 67.6 Å². The first kappa shape index (κ1) is 30.3. The highest BCUT2D eigenvalue weighted by molar-refractivity contribution is 6.24. The predicted molar refractivity (Wildman–Crippen MR) is 213 cm³/mol. The van der Waals surface area contributed by atoms with Gasteiger partial charge in [-0.25, -0.2) is 4.99 Å². The molecule has 0 bridgehead atoms. The summed E-state index contributed by atoms with van der Waals surface area (Å²) in [5.74, 6) is 0.946. The van der Waals surface area contributed by atoms with Crippen LogP contribution in [-0.4, -0.2) is 11.7 Å². The molecule has 0 amide bonds. The molecular formula is C47H33N3O. The van der Waals surface area contributed by atoms with Gasteiger partial charge in [0.25, 0.3) is 0 Å². The van der Waals surface area contributed by atoms with Crippen LogP contribution in [0.15, 0.2) is 190 Å². The third-order valence-electron chi connectivity index (χ3n) is 9.58. The number of rotatable bonds is 6. The van der Waals surface area contributed by atoms with E-state index in [0.717, 1.165) is 60.9 Å². The summed E-state index contributed by atoms with van der Waals surface area (Å²) in [5, 5.41) is 6.76. The summed E-state index contributed by atoms with van der Waals surface area (Å²) in [6.07, 6.45) is 0. The molecule has 8 aromatic carbocycles. The summed E-state index contributed by atoms with van der Waals surface area (Å²) in [4.78, 5) is 10.1. The molecule has 1 aromatic heterocycles. The van der Waals surface area contributed by atoms with Crippen LogP contribution in [-0.2, 0) is 6.54 Å². The van der Waals surface area contributed by atoms with Gasteiger partial charge in [0.05, 0.1) is 6.54 Å². The van der Waals surface area contributed by atoms with Crippen LogP contribution in [0.3, 0.4) is 0 Å². The number of benzene rings is 8. The van der Waals surface area contributed by atoms with Gasteiger partial charge >= 0.3 is 0 Å². The summed E-state index contributed by atoms with van der Waals surface area (Å²) in [6, 6.07) is 60.7. The van der Waals surface area contributed by atoms with E-state index in [9.17, 15) is 0 Å². The van der Waals surface area contributed by atoms with E-state index in [-0.39, 0.29) is 0 Å². The molecule has 0 radical (unpaired) electrons. The molecule has 0 saturated carbocycles. The van der Waals surface area contributed by atoms with E-state index >= 15 is 0 Å². The zero-order valence-electron chi connectivity index (χ0n) is 27.8. The summed E-state index contributed by atoms with van der Waals surface area (Å²) < 4.78 is 6.45. The SMILES string of the molecule is NC(=NC(=NCc1ccccc1)c1ccc(-c2ccc3ccccc3c2)cc1)c1cccc2oc3cccc(-c4cccc5ccccc45)c3c12. The average molecular weight is 656 g/mol. The Balaban J connectivity index is 1.17. The van der Waals surface area contributed by atoms with Crippen molar-refractivity contribution in [2.75, 3.05) is 0 Å². The van der Waals surface area contributed by atoms with Crippen molar-refractivity contribution in [3.63, 3.8) is 0 Å².